The van der Waals surface area contributed by atoms with Gasteiger partial charge in [-0.3, -0.25) is 15.4 Å². The highest BCUT2D eigenvalue weighted by Gasteiger charge is 2.12. The molecule has 4 rings (SSSR count). The molecule has 1 aromatic carbocycles. The van der Waals surface area contributed by atoms with E-state index in [2.05, 4.69) is 31.1 Å². The quantitative estimate of drug-likeness (QED) is 0.278. The van der Waals surface area contributed by atoms with Crippen molar-refractivity contribution in [1.82, 2.24) is 15.2 Å². The molecule has 0 aliphatic carbocycles. The maximum absolute atomic E-state index is 12.2. The van der Waals surface area contributed by atoms with Crippen LogP contribution in [-0.2, 0) is 4.79 Å². The summed E-state index contributed by atoms with van der Waals surface area (Å²) in [5, 5.41) is 19.6. The summed E-state index contributed by atoms with van der Waals surface area (Å²) in [6, 6.07) is 9.24. The second-order valence-corrected chi connectivity index (χ2v) is 9.93. The largest absolute Gasteiger partial charge is 0.326 e. The summed E-state index contributed by atoms with van der Waals surface area (Å²) < 4.78 is 1.63. The van der Waals surface area contributed by atoms with E-state index < -0.39 is 0 Å². The number of anilines is 3. The van der Waals surface area contributed by atoms with Crippen molar-refractivity contribution < 1.29 is 9.59 Å². The van der Waals surface area contributed by atoms with Crippen LogP contribution in [0, 0.1) is 6.92 Å². The van der Waals surface area contributed by atoms with Gasteiger partial charge in [-0.15, -0.1) is 21.5 Å². The van der Waals surface area contributed by atoms with E-state index in [1.54, 1.807) is 6.07 Å². The summed E-state index contributed by atoms with van der Waals surface area (Å²) in [7, 11) is 0. The molecule has 12 heteroatoms. The number of urea groups is 1. The topological polar surface area (TPSA) is 109 Å². The van der Waals surface area contributed by atoms with Crippen molar-refractivity contribution in [3.63, 3.8) is 0 Å². The smallest absolute Gasteiger partial charge is 0.301 e. The molecule has 4 aromatic rings. The monoisotopic (exact) mass is 462 g/mol. The molecule has 29 heavy (non-hydrogen) atoms. The predicted molar refractivity (Wildman–Crippen MR) is 121 cm³/mol. The molecule has 0 atom stereocenters. The molecule has 0 radical (unpaired) electrons. The zero-order chi connectivity index (χ0) is 20.2. The molecule has 0 aliphatic rings. The van der Waals surface area contributed by atoms with E-state index in [1.165, 1.54) is 45.8 Å². The average Bonchev–Trinajstić information content (AvgIpc) is 3.41. The summed E-state index contributed by atoms with van der Waals surface area (Å²) in [4.78, 5) is 28.5. The maximum atomic E-state index is 12.2. The van der Waals surface area contributed by atoms with Gasteiger partial charge in [0.15, 0.2) is 9.47 Å². The van der Waals surface area contributed by atoms with Crippen LogP contribution < -0.4 is 16.0 Å². The lowest BCUT2D eigenvalue weighted by Gasteiger charge is -2.01. The molecule has 0 aliphatic heterocycles. The lowest BCUT2D eigenvalue weighted by atomic mass is 10.2. The van der Waals surface area contributed by atoms with Crippen LogP contribution in [0.3, 0.4) is 0 Å². The van der Waals surface area contributed by atoms with E-state index in [1.807, 2.05) is 36.6 Å². The van der Waals surface area contributed by atoms with Crippen molar-refractivity contribution in [1.29, 1.82) is 0 Å². The minimum absolute atomic E-state index is 0.172. The van der Waals surface area contributed by atoms with Gasteiger partial charge in [0, 0.05) is 0 Å². The van der Waals surface area contributed by atoms with Gasteiger partial charge >= 0.3 is 6.03 Å². The highest BCUT2D eigenvalue weighted by molar-refractivity contribution is 8.01. The number of thiophene rings is 1. The van der Waals surface area contributed by atoms with E-state index >= 15 is 0 Å². The first-order chi connectivity index (χ1) is 14.0. The Morgan fingerprint density at radius 2 is 1.97 bits per heavy atom. The summed E-state index contributed by atoms with van der Waals surface area (Å²) in [6.07, 6.45) is 0. The first-order valence-corrected chi connectivity index (χ1v) is 11.8. The zero-order valence-corrected chi connectivity index (χ0v) is 18.2. The molecule has 0 spiro atoms. The Bertz CT molecular complexity index is 1150. The van der Waals surface area contributed by atoms with Crippen molar-refractivity contribution in [3.05, 3.63) is 41.3 Å². The summed E-state index contributed by atoms with van der Waals surface area (Å²) in [5.74, 6) is -0.00346. The highest BCUT2D eigenvalue weighted by Crippen LogP contribution is 2.28. The summed E-state index contributed by atoms with van der Waals surface area (Å²) in [5.41, 5.74) is 2.02. The van der Waals surface area contributed by atoms with Crippen LogP contribution in [0.15, 0.2) is 40.1 Å². The Labute approximate surface area is 181 Å². The minimum Gasteiger partial charge on any atom is -0.301 e. The second kappa shape index (κ2) is 8.86. The second-order valence-electron chi connectivity index (χ2n) is 5.76. The number of carbonyl (C=O) groups is 2. The van der Waals surface area contributed by atoms with E-state index in [0.717, 1.165) is 20.8 Å². The fourth-order valence-electron chi connectivity index (χ4n) is 2.28. The number of hydrogen-bond acceptors (Lipinski definition) is 9. The number of amides is 3. The molecular formula is C17H14N6O2S4. The standard InChI is InChI=1S/C17H14N6O2S4/c1-9-4-5-10-11(7-9)28-15(18-10)19-12(24)8-27-17-23-22-16(29-17)21-14(25)20-13-3-2-6-26-13/h2-7H,8H2,1H3,(H,18,19,24)(H2,20,21,22,25). The first kappa shape index (κ1) is 19.8. The average molecular weight is 463 g/mol. The molecule has 3 aromatic heterocycles. The molecule has 0 bridgehead atoms. The van der Waals surface area contributed by atoms with E-state index in [4.69, 9.17) is 0 Å². The SMILES string of the molecule is Cc1ccc2nc(NC(=O)CSc3nnc(NC(=O)Nc4cccs4)s3)sc2c1. The van der Waals surface area contributed by atoms with Crippen LogP contribution in [-0.4, -0.2) is 32.9 Å². The number of thioether (sulfide) groups is 1. The predicted octanol–water partition coefficient (Wildman–Crippen LogP) is 4.89. The Hall–Kier alpha value is -2.54. The van der Waals surface area contributed by atoms with Gasteiger partial charge in [0.2, 0.25) is 11.0 Å². The van der Waals surface area contributed by atoms with Crippen LogP contribution in [0.1, 0.15) is 5.56 Å². The van der Waals surface area contributed by atoms with Gasteiger partial charge in [0.05, 0.1) is 21.0 Å². The molecule has 3 amide bonds. The fourth-order valence-corrected chi connectivity index (χ4v) is 5.42. The number of thiazole rings is 1. The van der Waals surface area contributed by atoms with Crippen molar-refractivity contribution in [2.45, 2.75) is 11.3 Å². The third-order valence-electron chi connectivity index (χ3n) is 3.50. The van der Waals surface area contributed by atoms with Crippen molar-refractivity contribution >= 4 is 83.2 Å². The third-order valence-corrected chi connectivity index (χ3v) is 7.19. The van der Waals surface area contributed by atoms with Crippen LogP contribution in [0.25, 0.3) is 10.2 Å². The number of fused-ring (bicyclic) bond motifs is 1. The van der Waals surface area contributed by atoms with Gasteiger partial charge in [-0.2, -0.15) is 0 Å². The fraction of sp³-hybridized carbons (Fsp3) is 0.118. The number of benzene rings is 1. The van der Waals surface area contributed by atoms with Crippen molar-refractivity contribution in [3.8, 4) is 0 Å². The molecule has 0 saturated carbocycles. The lowest BCUT2D eigenvalue weighted by Crippen LogP contribution is -2.18. The number of aromatic nitrogens is 3. The molecule has 0 fully saturated rings. The van der Waals surface area contributed by atoms with Crippen LogP contribution in [0.2, 0.25) is 0 Å². The molecular weight excluding hydrogens is 448 g/mol. The van der Waals surface area contributed by atoms with Crippen LogP contribution >= 0.6 is 45.8 Å². The maximum Gasteiger partial charge on any atom is 0.326 e. The van der Waals surface area contributed by atoms with Gasteiger partial charge in [-0.25, -0.2) is 9.78 Å². The Balaban J connectivity index is 1.27. The van der Waals surface area contributed by atoms with E-state index in [-0.39, 0.29) is 17.7 Å². The van der Waals surface area contributed by atoms with Gasteiger partial charge in [-0.1, -0.05) is 40.5 Å². The Morgan fingerprint density at radius 1 is 1.07 bits per heavy atom. The number of carbonyl (C=O) groups excluding carboxylic acids is 2. The van der Waals surface area contributed by atoms with Gasteiger partial charge < -0.3 is 5.32 Å². The molecule has 3 N–H and O–H groups in total. The third kappa shape index (κ3) is 5.29. The van der Waals surface area contributed by atoms with Crippen LogP contribution in [0.4, 0.5) is 20.1 Å². The van der Waals surface area contributed by atoms with E-state index in [0.29, 0.717) is 14.6 Å². The first-order valence-electron chi connectivity index (χ1n) is 8.30. The molecule has 8 nitrogen and oxygen atoms in total. The summed E-state index contributed by atoms with van der Waals surface area (Å²) >= 11 is 5.32. The van der Waals surface area contributed by atoms with E-state index in [9.17, 15) is 9.59 Å². The molecule has 3 heterocycles. The lowest BCUT2D eigenvalue weighted by molar-refractivity contribution is -0.113. The Morgan fingerprint density at radius 3 is 2.79 bits per heavy atom. The van der Waals surface area contributed by atoms with Gasteiger partial charge in [0.1, 0.15) is 0 Å². The molecule has 0 unspecified atom stereocenters. The normalized spacial score (nSPS) is 10.8. The number of rotatable bonds is 6. The highest BCUT2D eigenvalue weighted by atomic mass is 32.2. The van der Waals surface area contributed by atoms with Crippen molar-refractivity contribution in [2.75, 3.05) is 21.7 Å². The zero-order valence-electron chi connectivity index (χ0n) is 15.0. The number of hydrogen-bond donors (Lipinski definition) is 3. The summed E-state index contributed by atoms with van der Waals surface area (Å²) in [6.45, 7) is 2.02. The molecule has 148 valence electrons. The molecule has 0 saturated heterocycles. The number of aryl methyl sites for hydroxylation is 1. The van der Waals surface area contributed by atoms with Crippen molar-refractivity contribution in [2.24, 2.45) is 0 Å². The number of nitrogens with one attached hydrogen (secondary N) is 3. The van der Waals surface area contributed by atoms with Gasteiger partial charge in [-0.05, 0) is 42.1 Å². The number of nitrogens with zero attached hydrogens (tertiary/aromatic N) is 3. The van der Waals surface area contributed by atoms with Gasteiger partial charge in [0.25, 0.3) is 0 Å². The van der Waals surface area contributed by atoms with Crippen LogP contribution in [0.5, 0.6) is 0 Å². The minimum atomic E-state index is -0.385. The Kier molecular flexibility index (Phi) is 6.04.